The van der Waals surface area contributed by atoms with E-state index in [1.807, 2.05) is 6.92 Å². The van der Waals surface area contributed by atoms with Crippen LogP contribution in [0.3, 0.4) is 0 Å². The molecule has 1 amide bonds. The first-order valence-electron chi connectivity index (χ1n) is 7.26. The van der Waals surface area contributed by atoms with Gasteiger partial charge in [-0.05, 0) is 13.8 Å². The Hall–Kier alpha value is -2.81. The number of nitrogens with zero attached hydrogens (tertiary/aromatic N) is 4. The first-order chi connectivity index (χ1) is 11.5. The Bertz CT molecular complexity index is 930. The Labute approximate surface area is 141 Å². The van der Waals surface area contributed by atoms with Gasteiger partial charge in [-0.25, -0.2) is 19.4 Å². The molecule has 0 saturated carbocycles. The van der Waals surface area contributed by atoms with Crippen LogP contribution in [0.4, 0.5) is 5.82 Å². The molecule has 8 nitrogen and oxygen atoms in total. The summed E-state index contributed by atoms with van der Waals surface area (Å²) in [6, 6.07) is 1.71. The predicted molar refractivity (Wildman–Crippen MR) is 89.5 cm³/mol. The number of carbonyl (C=O) groups excluding carboxylic acids is 2. The van der Waals surface area contributed by atoms with Crippen molar-refractivity contribution in [2.45, 2.75) is 20.8 Å². The molecule has 9 heteroatoms. The fourth-order valence-electron chi connectivity index (χ4n) is 2.18. The largest absolute Gasteiger partial charge is 0.461 e. The maximum absolute atomic E-state index is 11.9. The van der Waals surface area contributed by atoms with Crippen LogP contribution in [0.25, 0.3) is 16.0 Å². The monoisotopic (exact) mass is 345 g/mol. The molecule has 3 aromatic rings. The van der Waals surface area contributed by atoms with Crippen molar-refractivity contribution in [3.63, 3.8) is 0 Å². The van der Waals surface area contributed by atoms with E-state index in [0.29, 0.717) is 17.6 Å². The van der Waals surface area contributed by atoms with E-state index < -0.39 is 5.97 Å². The van der Waals surface area contributed by atoms with Crippen molar-refractivity contribution in [2.24, 2.45) is 0 Å². The normalized spacial score (nSPS) is 10.8. The summed E-state index contributed by atoms with van der Waals surface area (Å²) in [5.74, 6) is -0.229. The van der Waals surface area contributed by atoms with Gasteiger partial charge in [0.1, 0.15) is 5.82 Å². The zero-order valence-corrected chi connectivity index (χ0v) is 14.2. The summed E-state index contributed by atoms with van der Waals surface area (Å²) in [5, 5.41) is 8.29. The van der Waals surface area contributed by atoms with E-state index in [0.717, 1.165) is 15.8 Å². The fraction of sp³-hybridized carbons (Fsp3) is 0.267. The van der Waals surface area contributed by atoms with Gasteiger partial charge in [0, 0.05) is 29.5 Å². The summed E-state index contributed by atoms with van der Waals surface area (Å²) < 4.78 is 6.62. The van der Waals surface area contributed by atoms with E-state index in [2.05, 4.69) is 20.4 Å². The van der Waals surface area contributed by atoms with Crippen molar-refractivity contribution in [3.05, 3.63) is 29.0 Å². The van der Waals surface area contributed by atoms with Crippen LogP contribution in [-0.4, -0.2) is 38.2 Å². The topological polar surface area (TPSA) is 99.0 Å². The Morgan fingerprint density at radius 3 is 2.88 bits per heavy atom. The molecule has 0 spiro atoms. The number of esters is 1. The number of carbonyl (C=O) groups is 2. The van der Waals surface area contributed by atoms with Crippen LogP contribution in [0.5, 0.6) is 0 Å². The number of hydrogen-bond acceptors (Lipinski definition) is 7. The summed E-state index contributed by atoms with van der Waals surface area (Å²) in [7, 11) is 0. The standard InChI is InChI=1S/C15H15N5O3S/c1-4-23-14(22)13-8(2)24-15(19-13)20-11-5-12(18-9(3)21)16-6-10(11)7-17-20/h5-7H,4H2,1-3H3,(H,16,18,21). The summed E-state index contributed by atoms with van der Waals surface area (Å²) in [6.07, 6.45) is 3.28. The second kappa shape index (κ2) is 6.36. The summed E-state index contributed by atoms with van der Waals surface area (Å²) in [6.45, 7) is 5.27. The number of anilines is 1. The molecule has 0 aromatic carbocycles. The predicted octanol–water partition coefficient (Wildman–Crippen LogP) is 2.32. The number of hydrogen-bond donors (Lipinski definition) is 1. The summed E-state index contributed by atoms with van der Waals surface area (Å²) >= 11 is 1.34. The van der Waals surface area contributed by atoms with Crippen LogP contribution in [0, 0.1) is 6.92 Å². The summed E-state index contributed by atoms with van der Waals surface area (Å²) in [5.41, 5.74) is 1.02. The highest BCUT2D eigenvalue weighted by Crippen LogP contribution is 2.25. The number of thiazole rings is 1. The molecule has 0 bridgehead atoms. The minimum atomic E-state index is -0.449. The lowest BCUT2D eigenvalue weighted by Gasteiger charge is -2.02. The van der Waals surface area contributed by atoms with E-state index >= 15 is 0 Å². The van der Waals surface area contributed by atoms with Gasteiger partial charge < -0.3 is 10.1 Å². The zero-order valence-electron chi connectivity index (χ0n) is 13.4. The van der Waals surface area contributed by atoms with Crippen LogP contribution >= 0.6 is 11.3 Å². The van der Waals surface area contributed by atoms with Gasteiger partial charge in [-0.2, -0.15) is 5.10 Å². The number of rotatable bonds is 4. The molecule has 3 aromatic heterocycles. The summed E-state index contributed by atoms with van der Waals surface area (Å²) in [4.78, 5) is 32.4. The first kappa shape index (κ1) is 16.1. The second-order valence-electron chi connectivity index (χ2n) is 4.99. The van der Waals surface area contributed by atoms with Gasteiger partial charge in [-0.15, -0.1) is 0 Å². The lowest BCUT2D eigenvalue weighted by molar-refractivity contribution is -0.114. The van der Waals surface area contributed by atoms with Crippen LogP contribution in [0.15, 0.2) is 18.5 Å². The molecule has 0 aliphatic rings. The highest BCUT2D eigenvalue weighted by Gasteiger charge is 2.19. The lowest BCUT2D eigenvalue weighted by Crippen LogP contribution is -2.08. The molecule has 0 saturated heterocycles. The molecular formula is C15H15N5O3S. The number of ether oxygens (including phenoxy) is 1. The third-order valence-corrected chi connectivity index (χ3v) is 4.14. The van der Waals surface area contributed by atoms with E-state index in [1.165, 1.54) is 18.3 Å². The number of pyridine rings is 1. The number of aryl methyl sites for hydroxylation is 1. The van der Waals surface area contributed by atoms with Crippen molar-refractivity contribution in [1.29, 1.82) is 0 Å². The Kier molecular flexibility index (Phi) is 4.26. The molecule has 3 heterocycles. The lowest BCUT2D eigenvalue weighted by atomic mass is 10.3. The Morgan fingerprint density at radius 2 is 2.17 bits per heavy atom. The van der Waals surface area contributed by atoms with Crippen LogP contribution < -0.4 is 5.32 Å². The van der Waals surface area contributed by atoms with Crippen molar-refractivity contribution in [1.82, 2.24) is 19.7 Å². The van der Waals surface area contributed by atoms with E-state index in [1.54, 1.807) is 30.1 Å². The van der Waals surface area contributed by atoms with E-state index in [-0.39, 0.29) is 11.6 Å². The van der Waals surface area contributed by atoms with E-state index in [4.69, 9.17) is 4.74 Å². The fourth-order valence-corrected chi connectivity index (χ4v) is 3.05. The average Bonchev–Trinajstić information content (AvgIpc) is 3.10. The highest BCUT2D eigenvalue weighted by molar-refractivity contribution is 7.14. The molecule has 0 radical (unpaired) electrons. The average molecular weight is 345 g/mol. The molecule has 24 heavy (non-hydrogen) atoms. The van der Waals surface area contributed by atoms with Gasteiger partial charge in [0.2, 0.25) is 11.0 Å². The van der Waals surface area contributed by atoms with Gasteiger partial charge in [0.15, 0.2) is 5.69 Å². The van der Waals surface area contributed by atoms with Gasteiger partial charge in [0.25, 0.3) is 0 Å². The zero-order chi connectivity index (χ0) is 17.3. The van der Waals surface area contributed by atoms with Crippen molar-refractivity contribution < 1.29 is 14.3 Å². The second-order valence-corrected chi connectivity index (χ2v) is 6.17. The molecule has 0 fully saturated rings. The van der Waals surface area contributed by atoms with Gasteiger partial charge >= 0.3 is 5.97 Å². The quantitative estimate of drug-likeness (QED) is 0.729. The highest BCUT2D eigenvalue weighted by atomic mass is 32.1. The third-order valence-electron chi connectivity index (χ3n) is 3.19. The smallest absolute Gasteiger partial charge is 0.358 e. The van der Waals surface area contributed by atoms with Crippen LogP contribution in [0.1, 0.15) is 29.2 Å². The molecule has 3 rings (SSSR count). The van der Waals surface area contributed by atoms with Gasteiger partial charge in [-0.1, -0.05) is 11.3 Å². The first-order valence-corrected chi connectivity index (χ1v) is 8.07. The van der Waals surface area contributed by atoms with Crippen LogP contribution in [-0.2, 0) is 9.53 Å². The van der Waals surface area contributed by atoms with Gasteiger partial charge in [-0.3, -0.25) is 4.79 Å². The molecule has 0 unspecified atom stereocenters. The van der Waals surface area contributed by atoms with Crippen molar-refractivity contribution in [2.75, 3.05) is 11.9 Å². The number of amides is 1. The molecular weight excluding hydrogens is 330 g/mol. The molecule has 0 atom stereocenters. The minimum absolute atomic E-state index is 0.206. The third kappa shape index (κ3) is 2.98. The van der Waals surface area contributed by atoms with E-state index in [9.17, 15) is 9.59 Å². The number of nitrogens with one attached hydrogen (secondary N) is 1. The van der Waals surface area contributed by atoms with Gasteiger partial charge in [0.05, 0.1) is 18.3 Å². The maximum atomic E-state index is 11.9. The van der Waals surface area contributed by atoms with Crippen molar-refractivity contribution in [3.8, 4) is 5.13 Å². The van der Waals surface area contributed by atoms with Crippen LogP contribution in [0.2, 0.25) is 0 Å². The molecule has 0 aliphatic carbocycles. The minimum Gasteiger partial charge on any atom is -0.461 e. The maximum Gasteiger partial charge on any atom is 0.358 e. The van der Waals surface area contributed by atoms with Crippen molar-refractivity contribution >= 4 is 39.9 Å². The molecule has 124 valence electrons. The molecule has 1 N–H and O–H groups in total. The number of fused-ring (bicyclic) bond motifs is 1. The Balaban J connectivity index is 2.04. The number of aromatic nitrogens is 4. The SMILES string of the molecule is CCOC(=O)c1nc(-n2ncc3cnc(NC(C)=O)cc32)sc1C. The molecule has 0 aliphatic heterocycles. The Morgan fingerprint density at radius 1 is 1.38 bits per heavy atom.